The quantitative estimate of drug-likeness (QED) is 0.588. The molecule has 2 rings (SSSR count). The van der Waals surface area contributed by atoms with Crippen molar-refractivity contribution in [2.75, 3.05) is 0 Å². The number of nitrogens with one attached hydrogen (secondary N) is 2. The second-order valence-corrected chi connectivity index (χ2v) is 4.81. The van der Waals surface area contributed by atoms with Crippen LogP contribution < -0.4 is 11.1 Å². The normalized spacial score (nSPS) is 23.5. The summed E-state index contributed by atoms with van der Waals surface area (Å²) in [6.45, 7) is -2.67. The number of nitrogens with zero attached hydrogens (tertiary/aromatic N) is 1. The zero-order valence-corrected chi connectivity index (χ0v) is 11.1. The number of aromatic nitrogens is 1. The van der Waals surface area contributed by atoms with Crippen LogP contribution in [0.4, 0.5) is 8.78 Å². The van der Waals surface area contributed by atoms with Crippen LogP contribution in [0, 0.1) is 5.41 Å². The van der Waals surface area contributed by atoms with Crippen molar-refractivity contribution in [2.45, 2.75) is 38.3 Å². The molecule has 108 valence electrons. The van der Waals surface area contributed by atoms with Crippen LogP contribution in [-0.2, 0) is 0 Å². The lowest BCUT2D eigenvalue weighted by atomic mass is 9.96. The molecule has 1 aliphatic carbocycles. The number of allylic oxidation sites excluding steroid dienone is 1. The van der Waals surface area contributed by atoms with E-state index >= 15 is 0 Å². The van der Waals surface area contributed by atoms with E-state index in [0.29, 0.717) is 28.9 Å². The van der Waals surface area contributed by atoms with Crippen LogP contribution in [0.25, 0.3) is 5.70 Å². The van der Waals surface area contributed by atoms with Gasteiger partial charge in [-0.3, -0.25) is 4.98 Å². The summed E-state index contributed by atoms with van der Waals surface area (Å²) in [5.74, 6) is 0. The smallest absolute Gasteiger partial charge is 0.312 e. The van der Waals surface area contributed by atoms with Gasteiger partial charge in [-0.25, -0.2) is 0 Å². The van der Waals surface area contributed by atoms with Crippen molar-refractivity contribution in [3.63, 3.8) is 0 Å². The Morgan fingerprint density at radius 1 is 1.45 bits per heavy atom. The number of hydrogen-bond donors (Lipinski definition) is 3. The molecule has 0 saturated heterocycles. The first-order valence-electron chi connectivity index (χ1n) is 6.62. The van der Waals surface area contributed by atoms with Gasteiger partial charge in [0.05, 0.1) is 11.4 Å². The Labute approximate surface area is 116 Å². The largest absolute Gasteiger partial charge is 0.329 e. The van der Waals surface area contributed by atoms with Crippen LogP contribution in [0.5, 0.6) is 0 Å². The summed E-state index contributed by atoms with van der Waals surface area (Å²) in [5.41, 5.74) is 8.23. The molecule has 0 aromatic carbocycles. The van der Waals surface area contributed by atoms with E-state index in [1.54, 1.807) is 18.3 Å². The van der Waals surface area contributed by atoms with Crippen LogP contribution >= 0.6 is 0 Å². The number of pyridine rings is 1. The fourth-order valence-electron chi connectivity index (χ4n) is 2.37. The average Bonchev–Trinajstić information content (AvgIpc) is 2.44. The molecule has 0 fully saturated rings. The molecule has 4 nitrogen and oxygen atoms in total. The summed E-state index contributed by atoms with van der Waals surface area (Å²) >= 11 is 0. The van der Waals surface area contributed by atoms with Crippen molar-refractivity contribution in [1.29, 1.82) is 5.41 Å². The van der Waals surface area contributed by atoms with Crippen LogP contribution in [0.2, 0.25) is 0 Å². The fraction of sp³-hybridized carbons (Fsp3) is 0.429. The average molecular weight is 280 g/mol. The summed E-state index contributed by atoms with van der Waals surface area (Å²) in [7, 11) is 0. The van der Waals surface area contributed by atoms with Crippen LogP contribution in [0.1, 0.15) is 43.0 Å². The second-order valence-electron chi connectivity index (χ2n) is 4.81. The third-order valence-electron chi connectivity index (χ3n) is 3.41. The van der Waals surface area contributed by atoms with Gasteiger partial charge in [-0.1, -0.05) is 6.42 Å². The van der Waals surface area contributed by atoms with Crippen molar-refractivity contribution >= 4 is 11.9 Å². The van der Waals surface area contributed by atoms with E-state index in [1.807, 2.05) is 0 Å². The van der Waals surface area contributed by atoms with Gasteiger partial charge >= 0.3 is 6.55 Å². The van der Waals surface area contributed by atoms with Gasteiger partial charge in [0.15, 0.2) is 0 Å². The zero-order chi connectivity index (χ0) is 14.5. The Bertz CT molecular complexity index is 514. The Hall–Kier alpha value is -1.82. The van der Waals surface area contributed by atoms with E-state index in [9.17, 15) is 8.78 Å². The Morgan fingerprint density at radius 2 is 2.25 bits per heavy atom. The number of halogens is 2. The highest BCUT2D eigenvalue weighted by molar-refractivity contribution is 5.88. The van der Waals surface area contributed by atoms with Crippen molar-refractivity contribution in [1.82, 2.24) is 10.3 Å². The summed E-state index contributed by atoms with van der Waals surface area (Å²) in [4.78, 5) is 4.21. The summed E-state index contributed by atoms with van der Waals surface area (Å²) in [6.07, 6.45) is 5.80. The Morgan fingerprint density at radius 3 is 2.95 bits per heavy atom. The molecule has 1 heterocycles. The van der Waals surface area contributed by atoms with E-state index in [1.165, 1.54) is 0 Å². The van der Waals surface area contributed by atoms with Crippen molar-refractivity contribution in [2.24, 2.45) is 5.73 Å². The van der Waals surface area contributed by atoms with E-state index in [2.05, 4.69) is 10.3 Å². The predicted octanol–water partition coefficient (Wildman–Crippen LogP) is 2.83. The molecule has 6 heteroatoms. The molecule has 1 unspecified atom stereocenters. The first-order valence-corrected chi connectivity index (χ1v) is 6.62. The second kappa shape index (κ2) is 6.56. The number of nitrogens with two attached hydrogens (primary N) is 1. The van der Waals surface area contributed by atoms with Gasteiger partial charge in [-0.2, -0.15) is 8.78 Å². The number of hydrogen-bond acceptors (Lipinski definition) is 4. The number of fused-ring (bicyclic) bond motifs is 2. The molecular formula is C14H18F2N4. The number of rotatable bonds is 3. The SMILES string of the molecule is N=C/C1=C(\NC(F)F)c2ccnc(c2)C(N)CCCC1. The van der Waals surface area contributed by atoms with Crippen molar-refractivity contribution in [3.05, 3.63) is 35.2 Å². The third kappa shape index (κ3) is 3.39. The molecule has 1 aromatic rings. The molecule has 2 bridgehead atoms. The zero-order valence-electron chi connectivity index (χ0n) is 11.1. The van der Waals surface area contributed by atoms with Gasteiger partial charge in [0.1, 0.15) is 0 Å². The maximum atomic E-state index is 12.7. The first kappa shape index (κ1) is 14.6. The topological polar surface area (TPSA) is 74.8 Å². The lowest BCUT2D eigenvalue weighted by Gasteiger charge is -2.19. The molecule has 0 aliphatic heterocycles. The summed E-state index contributed by atoms with van der Waals surface area (Å²) in [6, 6.07) is 3.21. The highest BCUT2D eigenvalue weighted by Gasteiger charge is 2.16. The molecule has 1 aromatic heterocycles. The van der Waals surface area contributed by atoms with Gasteiger partial charge < -0.3 is 16.5 Å². The molecule has 20 heavy (non-hydrogen) atoms. The van der Waals surface area contributed by atoms with E-state index < -0.39 is 6.55 Å². The molecule has 0 radical (unpaired) electrons. The van der Waals surface area contributed by atoms with Crippen LogP contribution in [0.15, 0.2) is 23.9 Å². The van der Waals surface area contributed by atoms with Gasteiger partial charge in [0, 0.05) is 24.0 Å². The molecule has 0 saturated carbocycles. The first-order chi connectivity index (χ1) is 9.61. The lowest BCUT2D eigenvalue weighted by Crippen LogP contribution is -2.22. The standard InChI is InChI=1S/C14H18F2N4/c15-14(16)20-13-9-5-6-19-12(7-9)11(18)4-2-1-3-10(13)8-17/h5-8,11,14,17,20H,1-4,18H2/b13-10-,17-8?. The van der Waals surface area contributed by atoms with E-state index in [0.717, 1.165) is 25.5 Å². The van der Waals surface area contributed by atoms with E-state index in [4.69, 9.17) is 11.1 Å². The lowest BCUT2D eigenvalue weighted by molar-refractivity contribution is 0.128. The molecular weight excluding hydrogens is 262 g/mol. The van der Waals surface area contributed by atoms with Crippen LogP contribution in [0.3, 0.4) is 0 Å². The summed E-state index contributed by atoms with van der Waals surface area (Å²) < 4.78 is 25.4. The van der Waals surface area contributed by atoms with Gasteiger partial charge in [-0.05, 0) is 37.0 Å². The van der Waals surface area contributed by atoms with E-state index in [-0.39, 0.29) is 6.04 Å². The highest BCUT2D eigenvalue weighted by atomic mass is 19.3. The minimum atomic E-state index is -2.67. The maximum absolute atomic E-state index is 12.7. The van der Waals surface area contributed by atoms with Crippen molar-refractivity contribution < 1.29 is 8.78 Å². The summed E-state index contributed by atoms with van der Waals surface area (Å²) in [5, 5.41) is 9.61. The highest BCUT2D eigenvalue weighted by Crippen LogP contribution is 2.26. The maximum Gasteiger partial charge on any atom is 0.312 e. The molecule has 4 N–H and O–H groups in total. The molecule has 1 aliphatic rings. The van der Waals surface area contributed by atoms with Crippen LogP contribution in [-0.4, -0.2) is 17.7 Å². The fourth-order valence-corrected chi connectivity index (χ4v) is 2.37. The van der Waals surface area contributed by atoms with Crippen molar-refractivity contribution in [3.8, 4) is 0 Å². The van der Waals surface area contributed by atoms with Gasteiger partial charge in [0.25, 0.3) is 0 Å². The third-order valence-corrected chi connectivity index (χ3v) is 3.41. The Balaban J connectivity index is 2.51. The minimum absolute atomic E-state index is 0.177. The number of alkyl halides is 2. The van der Waals surface area contributed by atoms with Gasteiger partial charge in [0.2, 0.25) is 0 Å². The molecule has 0 spiro atoms. The molecule has 0 amide bonds. The minimum Gasteiger partial charge on any atom is -0.329 e. The molecule has 1 atom stereocenters. The monoisotopic (exact) mass is 280 g/mol. The Kier molecular flexibility index (Phi) is 4.79. The predicted molar refractivity (Wildman–Crippen MR) is 74.5 cm³/mol. The van der Waals surface area contributed by atoms with Gasteiger partial charge in [-0.15, -0.1) is 0 Å².